The fourth-order valence-corrected chi connectivity index (χ4v) is 1.51. The van der Waals surface area contributed by atoms with E-state index in [0.29, 0.717) is 25.6 Å². The topological polar surface area (TPSA) is 67.5 Å². The van der Waals surface area contributed by atoms with E-state index in [1.165, 1.54) is 0 Å². The second-order valence-corrected chi connectivity index (χ2v) is 3.52. The van der Waals surface area contributed by atoms with E-state index in [9.17, 15) is 5.11 Å². The molecule has 2 unspecified atom stereocenters. The molecular formula is C9H20N2O2. The van der Waals surface area contributed by atoms with Crippen LogP contribution in [0.15, 0.2) is 0 Å². The van der Waals surface area contributed by atoms with Crippen molar-refractivity contribution in [1.29, 1.82) is 0 Å². The van der Waals surface area contributed by atoms with Gasteiger partial charge < -0.3 is 20.9 Å². The molecule has 0 amide bonds. The van der Waals surface area contributed by atoms with Gasteiger partial charge in [0.15, 0.2) is 0 Å². The standard InChI is InChI=1S/C9H20N2O2/c10-4-3-8(12)6-11-7-9-2-1-5-13-9/h8-9,11-12H,1-7,10H2. The van der Waals surface area contributed by atoms with Crippen LogP contribution in [-0.4, -0.2) is 43.6 Å². The predicted molar refractivity (Wildman–Crippen MR) is 51.5 cm³/mol. The van der Waals surface area contributed by atoms with Crippen LogP contribution < -0.4 is 11.1 Å². The fraction of sp³-hybridized carbons (Fsp3) is 1.00. The van der Waals surface area contributed by atoms with Gasteiger partial charge in [-0.15, -0.1) is 0 Å². The van der Waals surface area contributed by atoms with Crippen LogP contribution in [0.25, 0.3) is 0 Å². The maximum atomic E-state index is 9.34. The van der Waals surface area contributed by atoms with Crippen LogP contribution in [0.1, 0.15) is 19.3 Å². The highest BCUT2D eigenvalue weighted by atomic mass is 16.5. The minimum absolute atomic E-state index is 0.314. The van der Waals surface area contributed by atoms with Gasteiger partial charge in [0.2, 0.25) is 0 Å². The number of aliphatic hydroxyl groups excluding tert-OH is 1. The molecule has 1 fully saturated rings. The van der Waals surface area contributed by atoms with Crippen LogP contribution in [0.4, 0.5) is 0 Å². The molecule has 4 nitrogen and oxygen atoms in total. The molecule has 0 spiro atoms. The SMILES string of the molecule is NCCC(O)CNCC1CCCO1. The van der Waals surface area contributed by atoms with Crippen molar-refractivity contribution in [3.8, 4) is 0 Å². The Morgan fingerprint density at radius 3 is 3.08 bits per heavy atom. The molecular weight excluding hydrogens is 168 g/mol. The second kappa shape index (κ2) is 6.32. The van der Waals surface area contributed by atoms with Crippen LogP contribution in [0.2, 0.25) is 0 Å². The van der Waals surface area contributed by atoms with Crippen molar-refractivity contribution in [3.63, 3.8) is 0 Å². The van der Waals surface area contributed by atoms with Crippen LogP contribution >= 0.6 is 0 Å². The number of aliphatic hydroxyl groups is 1. The smallest absolute Gasteiger partial charge is 0.0700 e. The van der Waals surface area contributed by atoms with Crippen molar-refractivity contribution in [2.24, 2.45) is 5.73 Å². The highest BCUT2D eigenvalue weighted by Gasteiger charge is 2.14. The van der Waals surface area contributed by atoms with Crippen LogP contribution in [0.5, 0.6) is 0 Å². The molecule has 0 bridgehead atoms. The second-order valence-electron chi connectivity index (χ2n) is 3.52. The van der Waals surface area contributed by atoms with Gasteiger partial charge in [-0.3, -0.25) is 0 Å². The van der Waals surface area contributed by atoms with Gasteiger partial charge in [-0.05, 0) is 25.8 Å². The largest absolute Gasteiger partial charge is 0.392 e. The van der Waals surface area contributed by atoms with E-state index in [1.54, 1.807) is 0 Å². The lowest BCUT2D eigenvalue weighted by Gasteiger charge is -2.13. The summed E-state index contributed by atoms with van der Waals surface area (Å²) in [5.41, 5.74) is 5.31. The normalized spacial score (nSPS) is 24.9. The van der Waals surface area contributed by atoms with E-state index in [-0.39, 0.29) is 6.10 Å². The molecule has 1 aliphatic rings. The van der Waals surface area contributed by atoms with Crippen molar-refractivity contribution in [2.45, 2.75) is 31.5 Å². The highest BCUT2D eigenvalue weighted by molar-refractivity contribution is 4.69. The zero-order valence-corrected chi connectivity index (χ0v) is 8.04. The third kappa shape index (κ3) is 4.57. The Labute approximate surface area is 79.5 Å². The quantitative estimate of drug-likeness (QED) is 0.524. The molecule has 0 radical (unpaired) electrons. The summed E-state index contributed by atoms with van der Waals surface area (Å²) in [4.78, 5) is 0. The van der Waals surface area contributed by atoms with Gasteiger partial charge in [-0.25, -0.2) is 0 Å². The van der Waals surface area contributed by atoms with Crippen molar-refractivity contribution < 1.29 is 9.84 Å². The van der Waals surface area contributed by atoms with Crippen molar-refractivity contribution in [1.82, 2.24) is 5.32 Å². The van der Waals surface area contributed by atoms with Gasteiger partial charge >= 0.3 is 0 Å². The Morgan fingerprint density at radius 1 is 1.62 bits per heavy atom. The molecule has 0 aromatic heterocycles. The van der Waals surface area contributed by atoms with Crippen LogP contribution in [0.3, 0.4) is 0 Å². The first-order chi connectivity index (χ1) is 6.33. The molecule has 0 aliphatic carbocycles. The summed E-state index contributed by atoms with van der Waals surface area (Å²) in [5, 5.41) is 12.5. The summed E-state index contributed by atoms with van der Waals surface area (Å²) in [6.07, 6.45) is 3.01. The molecule has 1 saturated heterocycles. The molecule has 13 heavy (non-hydrogen) atoms. The summed E-state index contributed by atoms with van der Waals surface area (Å²) in [6, 6.07) is 0. The number of ether oxygens (including phenoxy) is 1. The molecule has 2 atom stereocenters. The number of hydrogen-bond acceptors (Lipinski definition) is 4. The molecule has 4 heteroatoms. The third-order valence-electron chi connectivity index (χ3n) is 2.28. The number of nitrogens with two attached hydrogens (primary N) is 1. The van der Waals surface area contributed by atoms with Gasteiger partial charge in [-0.2, -0.15) is 0 Å². The Bertz CT molecular complexity index is 127. The van der Waals surface area contributed by atoms with Gasteiger partial charge in [0, 0.05) is 19.7 Å². The molecule has 0 aromatic carbocycles. The zero-order chi connectivity index (χ0) is 9.52. The summed E-state index contributed by atoms with van der Waals surface area (Å²) in [7, 11) is 0. The fourth-order valence-electron chi connectivity index (χ4n) is 1.51. The first-order valence-corrected chi connectivity index (χ1v) is 5.03. The maximum Gasteiger partial charge on any atom is 0.0700 e. The number of rotatable bonds is 6. The minimum Gasteiger partial charge on any atom is -0.392 e. The zero-order valence-electron chi connectivity index (χ0n) is 8.04. The summed E-state index contributed by atoms with van der Waals surface area (Å²) in [6.45, 7) is 2.90. The summed E-state index contributed by atoms with van der Waals surface area (Å²) >= 11 is 0. The van der Waals surface area contributed by atoms with E-state index in [4.69, 9.17) is 10.5 Å². The highest BCUT2D eigenvalue weighted by Crippen LogP contribution is 2.10. The Kier molecular flexibility index (Phi) is 5.31. The Morgan fingerprint density at radius 2 is 2.46 bits per heavy atom. The summed E-state index contributed by atoms with van der Waals surface area (Å²) in [5.74, 6) is 0. The molecule has 1 aliphatic heterocycles. The monoisotopic (exact) mass is 188 g/mol. The number of hydrogen-bond donors (Lipinski definition) is 3. The lowest BCUT2D eigenvalue weighted by molar-refractivity contribution is 0.103. The summed E-state index contributed by atoms with van der Waals surface area (Å²) < 4.78 is 5.43. The van der Waals surface area contributed by atoms with E-state index in [2.05, 4.69) is 5.32 Å². The minimum atomic E-state index is -0.314. The first-order valence-electron chi connectivity index (χ1n) is 5.03. The van der Waals surface area contributed by atoms with Gasteiger partial charge in [-0.1, -0.05) is 0 Å². The van der Waals surface area contributed by atoms with E-state index in [1.807, 2.05) is 0 Å². The van der Waals surface area contributed by atoms with E-state index >= 15 is 0 Å². The van der Waals surface area contributed by atoms with Crippen molar-refractivity contribution in [3.05, 3.63) is 0 Å². The molecule has 1 heterocycles. The average molecular weight is 188 g/mol. The Hall–Kier alpha value is -0.160. The van der Waals surface area contributed by atoms with E-state index < -0.39 is 0 Å². The van der Waals surface area contributed by atoms with Crippen molar-refractivity contribution >= 4 is 0 Å². The molecule has 0 aromatic rings. The third-order valence-corrected chi connectivity index (χ3v) is 2.28. The van der Waals surface area contributed by atoms with Crippen LogP contribution in [0, 0.1) is 0 Å². The molecule has 1 rings (SSSR count). The van der Waals surface area contributed by atoms with E-state index in [0.717, 1.165) is 26.0 Å². The molecule has 4 N–H and O–H groups in total. The lowest BCUT2D eigenvalue weighted by atomic mass is 10.2. The van der Waals surface area contributed by atoms with Gasteiger partial charge in [0.05, 0.1) is 12.2 Å². The van der Waals surface area contributed by atoms with Gasteiger partial charge in [0.25, 0.3) is 0 Å². The lowest BCUT2D eigenvalue weighted by Crippen LogP contribution is -2.33. The van der Waals surface area contributed by atoms with Crippen molar-refractivity contribution in [2.75, 3.05) is 26.2 Å². The molecule has 78 valence electrons. The molecule has 0 saturated carbocycles. The number of nitrogens with one attached hydrogen (secondary N) is 1. The Balaban J connectivity index is 1.93. The predicted octanol–water partition coefficient (Wildman–Crippen LogP) is -0.535. The van der Waals surface area contributed by atoms with Crippen LogP contribution in [-0.2, 0) is 4.74 Å². The maximum absolute atomic E-state index is 9.34. The van der Waals surface area contributed by atoms with Gasteiger partial charge in [0.1, 0.15) is 0 Å². The first kappa shape index (κ1) is 10.9. The average Bonchev–Trinajstić information content (AvgIpc) is 2.57.